The monoisotopic (exact) mass is 365 g/mol. The quantitative estimate of drug-likeness (QED) is 0.474. The van der Waals surface area contributed by atoms with Gasteiger partial charge in [0.2, 0.25) is 11.8 Å². The maximum absolute atomic E-state index is 12.7. The number of carbonyl (C=O) groups is 3. The molecular formula is C18H27N3O5. The Bertz CT molecular complexity index is 622. The van der Waals surface area contributed by atoms with E-state index in [1.807, 2.05) is 12.2 Å². The van der Waals surface area contributed by atoms with E-state index in [1.165, 1.54) is 4.90 Å². The van der Waals surface area contributed by atoms with Crippen molar-refractivity contribution in [3.8, 4) is 0 Å². The van der Waals surface area contributed by atoms with Gasteiger partial charge in [0, 0.05) is 18.9 Å². The Hall–Kier alpha value is -1.93. The maximum Gasteiger partial charge on any atom is 0.330 e. The number of rotatable bonds is 1. The van der Waals surface area contributed by atoms with Gasteiger partial charge in [0.05, 0.1) is 12.1 Å². The molecule has 3 rings (SSSR count). The van der Waals surface area contributed by atoms with Gasteiger partial charge >= 0.3 is 5.97 Å². The standard InChI is InChI=1S/C18H27N3O5/c19-13-7-5-3-1-2-4-6-11-9-18(11,17(25)26)20-15(23)14-8-12(22)10-21(14)16(13)24/h4,6,11-14,22H,1-3,5,7-10,19H2,(H,20,23)(H,25,26)/b6-4-. The van der Waals surface area contributed by atoms with Gasteiger partial charge in [-0.1, -0.05) is 25.0 Å². The number of carboxylic acid groups (broad SMARTS) is 1. The van der Waals surface area contributed by atoms with Crippen LogP contribution in [-0.4, -0.2) is 63.2 Å². The largest absolute Gasteiger partial charge is 0.479 e. The Morgan fingerprint density at radius 3 is 2.81 bits per heavy atom. The summed E-state index contributed by atoms with van der Waals surface area (Å²) < 4.78 is 0. The highest BCUT2D eigenvalue weighted by Gasteiger charge is 2.61. The molecule has 3 aliphatic rings. The zero-order valence-corrected chi connectivity index (χ0v) is 14.8. The van der Waals surface area contributed by atoms with E-state index < -0.39 is 35.6 Å². The van der Waals surface area contributed by atoms with E-state index in [4.69, 9.17) is 5.73 Å². The maximum atomic E-state index is 12.7. The second kappa shape index (κ2) is 7.36. The predicted octanol–water partition coefficient (Wildman–Crippen LogP) is -0.245. The number of aliphatic hydroxyl groups excluding tert-OH is 1. The topological polar surface area (TPSA) is 133 Å². The number of hydrogen-bond acceptors (Lipinski definition) is 5. The summed E-state index contributed by atoms with van der Waals surface area (Å²) in [4.78, 5) is 38.4. The first kappa shape index (κ1) is 18.8. The van der Waals surface area contributed by atoms with E-state index in [-0.39, 0.29) is 24.8 Å². The van der Waals surface area contributed by atoms with Crippen LogP contribution >= 0.6 is 0 Å². The van der Waals surface area contributed by atoms with Crippen molar-refractivity contribution in [1.82, 2.24) is 10.2 Å². The molecule has 5 N–H and O–H groups in total. The number of nitrogens with two attached hydrogens (primary N) is 1. The van der Waals surface area contributed by atoms with Gasteiger partial charge in [0.1, 0.15) is 11.6 Å². The number of carboxylic acids is 1. The first-order valence-electron chi connectivity index (χ1n) is 9.31. The van der Waals surface area contributed by atoms with Crippen LogP contribution in [0.3, 0.4) is 0 Å². The van der Waals surface area contributed by atoms with Gasteiger partial charge in [-0.2, -0.15) is 0 Å². The molecule has 2 heterocycles. The number of aliphatic carboxylic acids is 1. The lowest BCUT2D eigenvalue weighted by molar-refractivity contribution is -0.145. The lowest BCUT2D eigenvalue weighted by Crippen LogP contribution is -2.55. The summed E-state index contributed by atoms with van der Waals surface area (Å²) >= 11 is 0. The van der Waals surface area contributed by atoms with E-state index in [0.717, 1.165) is 25.7 Å². The lowest BCUT2D eigenvalue weighted by atomic mass is 10.1. The molecule has 1 saturated heterocycles. The molecule has 0 spiro atoms. The Labute approximate surface area is 152 Å². The number of carbonyl (C=O) groups excluding carboxylic acids is 2. The van der Waals surface area contributed by atoms with Crippen LogP contribution in [-0.2, 0) is 14.4 Å². The summed E-state index contributed by atoms with van der Waals surface area (Å²) in [5.41, 5.74) is 4.70. The van der Waals surface area contributed by atoms with Crippen LogP contribution in [0.4, 0.5) is 0 Å². The first-order valence-corrected chi connectivity index (χ1v) is 9.31. The van der Waals surface area contributed by atoms with Crippen LogP contribution in [0.1, 0.15) is 44.9 Å². The van der Waals surface area contributed by atoms with E-state index in [1.54, 1.807) is 0 Å². The van der Waals surface area contributed by atoms with Gasteiger partial charge in [-0.15, -0.1) is 0 Å². The zero-order chi connectivity index (χ0) is 18.9. The molecule has 1 aliphatic carbocycles. The highest BCUT2D eigenvalue weighted by atomic mass is 16.4. The second-order valence-corrected chi connectivity index (χ2v) is 7.64. The summed E-state index contributed by atoms with van der Waals surface area (Å²) in [7, 11) is 0. The number of allylic oxidation sites excluding steroid dienone is 1. The normalized spacial score (nSPS) is 39.8. The number of nitrogens with zero attached hydrogens (tertiary/aromatic N) is 1. The van der Waals surface area contributed by atoms with E-state index in [2.05, 4.69) is 5.32 Å². The number of fused-ring (bicyclic) bond motifs is 2. The van der Waals surface area contributed by atoms with Crippen molar-refractivity contribution in [2.24, 2.45) is 11.7 Å². The number of amides is 2. The molecule has 0 radical (unpaired) electrons. The summed E-state index contributed by atoms with van der Waals surface area (Å²) in [6.45, 7) is 0.0496. The molecular weight excluding hydrogens is 338 g/mol. The minimum absolute atomic E-state index is 0.0496. The van der Waals surface area contributed by atoms with Crippen molar-refractivity contribution >= 4 is 17.8 Å². The Balaban J connectivity index is 1.83. The number of aliphatic hydroxyl groups is 1. The van der Waals surface area contributed by atoms with Gasteiger partial charge in [0.25, 0.3) is 0 Å². The third-order valence-electron chi connectivity index (χ3n) is 5.68. The van der Waals surface area contributed by atoms with Crippen LogP contribution < -0.4 is 11.1 Å². The minimum Gasteiger partial charge on any atom is -0.479 e. The molecule has 0 bridgehead atoms. The molecule has 26 heavy (non-hydrogen) atoms. The Kier molecular flexibility index (Phi) is 5.34. The summed E-state index contributed by atoms with van der Waals surface area (Å²) in [6.07, 6.45) is 7.53. The highest BCUT2D eigenvalue weighted by molar-refractivity contribution is 5.95. The lowest BCUT2D eigenvalue weighted by Gasteiger charge is -2.27. The Morgan fingerprint density at radius 1 is 1.31 bits per heavy atom. The summed E-state index contributed by atoms with van der Waals surface area (Å²) in [5, 5.41) is 22.2. The minimum atomic E-state index is -1.31. The number of nitrogens with one attached hydrogen (secondary N) is 1. The van der Waals surface area contributed by atoms with Gasteiger partial charge in [-0.25, -0.2) is 4.79 Å². The highest BCUT2D eigenvalue weighted by Crippen LogP contribution is 2.45. The molecule has 0 aromatic carbocycles. The van der Waals surface area contributed by atoms with E-state index in [9.17, 15) is 24.6 Å². The molecule has 2 fully saturated rings. The van der Waals surface area contributed by atoms with Crippen molar-refractivity contribution in [2.45, 2.75) is 68.7 Å². The van der Waals surface area contributed by atoms with Crippen molar-refractivity contribution in [3.05, 3.63) is 12.2 Å². The Morgan fingerprint density at radius 2 is 2.08 bits per heavy atom. The van der Waals surface area contributed by atoms with Crippen LogP contribution in [0, 0.1) is 5.92 Å². The molecule has 8 nitrogen and oxygen atoms in total. The van der Waals surface area contributed by atoms with Crippen molar-refractivity contribution in [2.75, 3.05) is 6.54 Å². The van der Waals surface area contributed by atoms with Crippen molar-refractivity contribution in [3.63, 3.8) is 0 Å². The van der Waals surface area contributed by atoms with Crippen molar-refractivity contribution in [1.29, 1.82) is 0 Å². The van der Waals surface area contributed by atoms with E-state index in [0.29, 0.717) is 12.8 Å². The van der Waals surface area contributed by atoms with E-state index >= 15 is 0 Å². The average molecular weight is 365 g/mol. The number of hydrogen-bond donors (Lipinski definition) is 4. The molecule has 144 valence electrons. The fourth-order valence-electron chi connectivity index (χ4n) is 3.97. The molecule has 1 saturated carbocycles. The first-order chi connectivity index (χ1) is 12.3. The summed E-state index contributed by atoms with van der Waals surface area (Å²) in [5.74, 6) is -2.20. The molecule has 5 atom stereocenters. The van der Waals surface area contributed by atoms with Crippen LogP contribution in [0.5, 0.6) is 0 Å². The van der Waals surface area contributed by atoms with Gasteiger partial charge in [0.15, 0.2) is 0 Å². The van der Waals surface area contributed by atoms with Crippen LogP contribution in [0.25, 0.3) is 0 Å². The predicted molar refractivity (Wildman–Crippen MR) is 92.9 cm³/mol. The van der Waals surface area contributed by atoms with Gasteiger partial charge in [-0.05, 0) is 25.7 Å². The fraction of sp³-hybridized carbons (Fsp3) is 0.722. The zero-order valence-electron chi connectivity index (χ0n) is 14.8. The molecule has 2 aliphatic heterocycles. The average Bonchev–Trinajstić information content (AvgIpc) is 3.14. The summed E-state index contributed by atoms with van der Waals surface area (Å²) in [6, 6.07) is -1.59. The smallest absolute Gasteiger partial charge is 0.330 e. The van der Waals surface area contributed by atoms with Gasteiger partial charge < -0.3 is 26.2 Å². The fourth-order valence-corrected chi connectivity index (χ4v) is 3.97. The molecule has 2 amide bonds. The molecule has 0 aromatic heterocycles. The molecule has 5 unspecified atom stereocenters. The van der Waals surface area contributed by atoms with Crippen LogP contribution in [0.2, 0.25) is 0 Å². The molecule has 0 aromatic rings. The van der Waals surface area contributed by atoms with Crippen LogP contribution in [0.15, 0.2) is 12.2 Å². The SMILES string of the molecule is NC1CCCCC/C=C\C2CC2(C(=O)O)NC(=O)C2CC(O)CN2C1=O. The second-order valence-electron chi connectivity index (χ2n) is 7.64. The van der Waals surface area contributed by atoms with Crippen molar-refractivity contribution < 1.29 is 24.6 Å². The third kappa shape index (κ3) is 3.61. The molecule has 8 heteroatoms. The van der Waals surface area contributed by atoms with Gasteiger partial charge in [-0.3, -0.25) is 9.59 Å². The third-order valence-corrected chi connectivity index (χ3v) is 5.68.